The van der Waals surface area contributed by atoms with Gasteiger partial charge in [-0.05, 0) is 31.1 Å². The predicted octanol–water partition coefficient (Wildman–Crippen LogP) is 15.8. The van der Waals surface area contributed by atoms with Gasteiger partial charge in [0.1, 0.15) is 13.2 Å². The zero-order chi connectivity index (χ0) is 41.2. The Kier molecular flexibility index (Phi) is 41.8. The van der Waals surface area contributed by atoms with Crippen LogP contribution in [0.4, 0.5) is 0 Å². The molecule has 0 saturated carbocycles. The minimum Gasteiger partial charge on any atom is -0.462 e. The summed E-state index contributed by atoms with van der Waals surface area (Å²) in [4.78, 5) is 37.7. The summed E-state index contributed by atoms with van der Waals surface area (Å²) in [5.74, 6) is 0.815. The Morgan fingerprint density at radius 2 is 0.589 bits per heavy atom. The van der Waals surface area contributed by atoms with Crippen LogP contribution in [0.1, 0.15) is 272 Å². The van der Waals surface area contributed by atoms with Crippen LogP contribution in [0.15, 0.2) is 0 Å². The summed E-state index contributed by atoms with van der Waals surface area (Å²) in [5.41, 5.74) is 0. The van der Waals surface area contributed by atoms with E-state index in [1.807, 2.05) is 0 Å². The molecule has 0 aliphatic carbocycles. The van der Waals surface area contributed by atoms with Gasteiger partial charge in [-0.3, -0.25) is 14.4 Å². The lowest BCUT2D eigenvalue weighted by molar-refractivity contribution is -0.167. The molecule has 0 unspecified atom stereocenters. The quantitative estimate of drug-likeness (QED) is 0.0347. The van der Waals surface area contributed by atoms with Gasteiger partial charge in [-0.1, -0.05) is 234 Å². The first-order valence-electron chi connectivity index (χ1n) is 24.7. The highest BCUT2D eigenvalue weighted by atomic mass is 16.6. The highest BCUT2D eigenvalue weighted by Crippen LogP contribution is 2.17. The second kappa shape index (κ2) is 43.0. The first-order chi connectivity index (χ1) is 27.2. The fourth-order valence-corrected chi connectivity index (χ4v) is 7.46. The van der Waals surface area contributed by atoms with Crippen molar-refractivity contribution >= 4 is 17.9 Å². The zero-order valence-corrected chi connectivity index (χ0v) is 38.3. The van der Waals surface area contributed by atoms with Crippen molar-refractivity contribution in [3.8, 4) is 0 Å². The molecule has 0 N–H and O–H groups in total. The van der Waals surface area contributed by atoms with Gasteiger partial charge >= 0.3 is 17.9 Å². The molecule has 0 aliphatic rings. The van der Waals surface area contributed by atoms with Crippen LogP contribution in [-0.4, -0.2) is 37.2 Å². The molecule has 0 radical (unpaired) electrons. The number of esters is 3. The maximum atomic E-state index is 12.7. The Bertz CT molecular complexity index is 854. The second-order valence-electron chi connectivity index (χ2n) is 18.1. The predicted molar refractivity (Wildman–Crippen MR) is 238 cm³/mol. The summed E-state index contributed by atoms with van der Waals surface area (Å²) in [6.45, 7) is 11.3. The highest BCUT2D eigenvalue weighted by Gasteiger charge is 2.19. The monoisotopic (exact) mass is 793 g/mol. The number of hydrogen-bond donors (Lipinski definition) is 0. The van der Waals surface area contributed by atoms with Gasteiger partial charge in [-0.15, -0.1) is 0 Å². The van der Waals surface area contributed by atoms with E-state index in [-0.39, 0.29) is 31.1 Å². The normalized spacial score (nSPS) is 12.1. The van der Waals surface area contributed by atoms with Crippen molar-refractivity contribution in [1.82, 2.24) is 0 Å². The maximum Gasteiger partial charge on any atom is 0.306 e. The summed E-state index contributed by atoms with van der Waals surface area (Å²) < 4.78 is 16.7. The molecule has 6 heteroatoms. The average molecular weight is 793 g/mol. The van der Waals surface area contributed by atoms with Crippen molar-refractivity contribution in [3.63, 3.8) is 0 Å². The first kappa shape index (κ1) is 54.4. The van der Waals surface area contributed by atoms with E-state index in [1.165, 1.54) is 161 Å². The third kappa shape index (κ3) is 43.5. The Hall–Kier alpha value is -1.59. The molecule has 0 bridgehead atoms. The summed E-state index contributed by atoms with van der Waals surface area (Å²) in [5, 5.41) is 0. The molecule has 0 aromatic rings. The third-order valence-corrected chi connectivity index (χ3v) is 11.2. The van der Waals surface area contributed by atoms with E-state index < -0.39 is 6.10 Å². The van der Waals surface area contributed by atoms with Gasteiger partial charge in [0, 0.05) is 19.3 Å². The number of hydrogen-bond acceptors (Lipinski definition) is 6. The Labute approximate surface area is 348 Å². The van der Waals surface area contributed by atoms with E-state index in [9.17, 15) is 14.4 Å². The number of rotatable bonds is 44. The van der Waals surface area contributed by atoms with Crippen molar-refractivity contribution in [2.45, 2.75) is 278 Å². The minimum atomic E-state index is -0.760. The fourth-order valence-electron chi connectivity index (χ4n) is 7.46. The van der Waals surface area contributed by atoms with Crippen molar-refractivity contribution in [3.05, 3.63) is 0 Å². The van der Waals surface area contributed by atoms with Gasteiger partial charge in [-0.25, -0.2) is 0 Å². The SMILES string of the molecule is CCCCCCCCCC(=O)OC[C@@H](COC(=O)CCCCCCCCCCCCCCC(C)C)OC(=O)CCCCCCCCCCCCCCCC(C)C. The molecular weight excluding hydrogens is 697 g/mol. The highest BCUT2D eigenvalue weighted by molar-refractivity contribution is 5.71. The van der Waals surface area contributed by atoms with Crippen molar-refractivity contribution < 1.29 is 28.6 Å². The van der Waals surface area contributed by atoms with Gasteiger partial charge in [0.2, 0.25) is 0 Å². The molecule has 0 amide bonds. The van der Waals surface area contributed by atoms with Crippen LogP contribution in [0.3, 0.4) is 0 Å². The topological polar surface area (TPSA) is 78.9 Å². The van der Waals surface area contributed by atoms with Gasteiger partial charge in [0.25, 0.3) is 0 Å². The molecule has 0 saturated heterocycles. The van der Waals surface area contributed by atoms with Crippen LogP contribution in [0.25, 0.3) is 0 Å². The second-order valence-corrected chi connectivity index (χ2v) is 18.1. The molecule has 1 atom stereocenters. The molecule has 0 rings (SSSR count). The lowest BCUT2D eigenvalue weighted by Gasteiger charge is -2.18. The standard InChI is InChI=1S/C50H96O6/c1-6-7-8-9-23-30-35-40-48(51)54-43-47(44-55-49(52)41-36-31-26-21-17-14-13-16-20-25-29-34-39-46(4)5)56-50(53)42-37-32-27-22-18-12-10-11-15-19-24-28-33-38-45(2)3/h45-47H,6-44H2,1-5H3/t47-/m0/s1. The molecule has 0 spiro atoms. The largest absolute Gasteiger partial charge is 0.462 e. The van der Waals surface area contributed by atoms with E-state index in [4.69, 9.17) is 14.2 Å². The van der Waals surface area contributed by atoms with Gasteiger partial charge < -0.3 is 14.2 Å². The van der Waals surface area contributed by atoms with E-state index in [2.05, 4.69) is 34.6 Å². The summed E-state index contributed by atoms with van der Waals surface area (Å²) in [6.07, 6.45) is 42.4. The Morgan fingerprint density at radius 3 is 0.875 bits per heavy atom. The Balaban J connectivity index is 4.23. The average Bonchev–Trinajstić information content (AvgIpc) is 3.16. The van der Waals surface area contributed by atoms with Crippen LogP contribution in [0.5, 0.6) is 0 Å². The molecule has 0 aromatic carbocycles. The summed E-state index contributed by atoms with van der Waals surface area (Å²) in [7, 11) is 0. The van der Waals surface area contributed by atoms with E-state index in [0.717, 1.165) is 69.6 Å². The third-order valence-electron chi connectivity index (χ3n) is 11.2. The van der Waals surface area contributed by atoms with E-state index in [1.54, 1.807) is 0 Å². The molecule has 332 valence electrons. The number of carbonyl (C=O) groups excluding carboxylic acids is 3. The maximum absolute atomic E-state index is 12.7. The number of unbranched alkanes of at least 4 members (excludes halogenated alkanes) is 29. The first-order valence-corrected chi connectivity index (χ1v) is 24.7. The van der Waals surface area contributed by atoms with Crippen LogP contribution in [0, 0.1) is 11.8 Å². The molecule has 56 heavy (non-hydrogen) atoms. The van der Waals surface area contributed by atoms with Crippen molar-refractivity contribution in [2.75, 3.05) is 13.2 Å². The van der Waals surface area contributed by atoms with Crippen LogP contribution >= 0.6 is 0 Å². The van der Waals surface area contributed by atoms with Gasteiger partial charge in [0.05, 0.1) is 0 Å². The molecule has 0 fully saturated rings. The molecule has 0 heterocycles. The summed E-state index contributed by atoms with van der Waals surface area (Å²) >= 11 is 0. The van der Waals surface area contributed by atoms with Crippen LogP contribution in [0.2, 0.25) is 0 Å². The number of carbonyl (C=O) groups is 3. The van der Waals surface area contributed by atoms with Crippen LogP contribution in [-0.2, 0) is 28.6 Å². The smallest absolute Gasteiger partial charge is 0.306 e. The van der Waals surface area contributed by atoms with Gasteiger partial charge in [-0.2, -0.15) is 0 Å². The number of ether oxygens (including phenoxy) is 3. The van der Waals surface area contributed by atoms with E-state index >= 15 is 0 Å². The minimum absolute atomic E-state index is 0.0643. The van der Waals surface area contributed by atoms with Crippen LogP contribution < -0.4 is 0 Å². The van der Waals surface area contributed by atoms with Crippen molar-refractivity contribution in [2.24, 2.45) is 11.8 Å². The fraction of sp³-hybridized carbons (Fsp3) is 0.940. The molecular formula is C50H96O6. The lowest BCUT2D eigenvalue weighted by atomic mass is 10.0. The molecule has 6 nitrogen and oxygen atoms in total. The zero-order valence-electron chi connectivity index (χ0n) is 38.3. The molecule has 0 aliphatic heterocycles. The summed E-state index contributed by atoms with van der Waals surface area (Å²) in [6, 6.07) is 0. The molecule has 0 aromatic heterocycles. The Morgan fingerprint density at radius 1 is 0.339 bits per heavy atom. The lowest BCUT2D eigenvalue weighted by Crippen LogP contribution is -2.30. The van der Waals surface area contributed by atoms with Gasteiger partial charge in [0.15, 0.2) is 6.10 Å². The van der Waals surface area contributed by atoms with E-state index in [0.29, 0.717) is 19.3 Å². The van der Waals surface area contributed by atoms with Crippen molar-refractivity contribution in [1.29, 1.82) is 0 Å².